The van der Waals surface area contributed by atoms with Crippen LogP contribution in [-0.4, -0.2) is 50.3 Å². The molecule has 0 bridgehead atoms. The fourth-order valence-corrected chi connectivity index (χ4v) is 3.95. The molecule has 0 aliphatic carbocycles. The summed E-state index contributed by atoms with van der Waals surface area (Å²) < 4.78 is 27.4. The Morgan fingerprint density at radius 1 is 1.11 bits per heavy atom. The number of sulfonamides is 1. The van der Waals surface area contributed by atoms with Gasteiger partial charge in [0.1, 0.15) is 0 Å². The van der Waals surface area contributed by atoms with Gasteiger partial charge in [0.2, 0.25) is 10.0 Å². The molecule has 0 atom stereocenters. The second-order valence-corrected chi connectivity index (χ2v) is 7.55. The summed E-state index contributed by atoms with van der Waals surface area (Å²) in [6, 6.07) is 6.83. The Kier molecular flexibility index (Phi) is 5.00. The Hall–Kier alpha value is -0.430. The van der Waals surface area contributed by atoms with Crippen molar-refractivity contribution in [2.45, 2.75) is 18.2 Å². The molecule has 19 heavy (non-hydrogen) atoms. The van der Waals surface area contributed by atoms with Gasteiger partial charge in [-0.25, -0.2) is 8.42 Å². The minimum Gasteiger partial charge on any atom is -0.301 e. The molecule has 2 rings (SSSR count). The molecule has 1 saturated heterocycles. The van der Waals surface area contributed by atoms with E-state index in [2.05, 4.69) is 27.8 Å². The van der Waals surface area contributed by atoms with Crippen LogP contribution in [0.4, 0.5) is 0 Å². The van der Waals surface area contributed by atoms with Crippen molar-refractivity contribution in [3.63, 3.8) is 0 Å². The van der Waals surface area contributed by atoms with Gasteiger partial charge in [0.25, 0.3) is 0 Å². The van der Waals surface area contributed by atoms with E-state index in [1.165, 1.54) is 0 Å². The van der Waals surface area contributed by atoms with Gasteiger partial charge in [0, 0.05) is 30.7 Å². The Balaban J connectivity index is 2.07. The van der Waals surface area contributed by atoms with Crippen molar-refractivity contribution in [1.29, 1.82) is 0 Å². The number of hydrogen-bond donors (Lipinski definition) is 0. The van der Waals surface area contributed by atoms with E-state index in [1.807, 2.05) is 0 Å². The monoisotopic (exact) mass is 346 g/mol. The lowest BCUT2D eigenvalue weighted by molar-refractivity contribution is 0.188. The second-order valence-electron chi connectivity index (χ2n) is 4.70. The van der Waals surface area contributed by atoms with Gasteiger partial charge in [0.05, 0.1) is 4.90 Å². The zero-order valence-corrected chi connectivity index (χ0v) is 13.5. The molecule has 1 fully saturated rings. The fourth-order valence-electron chi connectivity index (χ4n) is 2.27. The molecule has 1 aromatic carbocycles. The molecule has 0 amide bonds. The minimum atomic E-state index is -3.33. The lowest BCUT2D eigenvalue weighted by Crippen LogP contribution is -2.48. The highest BCUT2D eigenvalue weighted by atomic mass is 79.9. The van der Waals surface area contributed by atoms with Crippen LogP contribution in [0, 0.1) is 0 Å². The van der Waals surface area contributed by atoms with Crippen LogP contribution in [0.2, 0.25) is 0 Å². The molecule has 0 saturated carbocycles. The van der Waals surface area contributed by atoms with Crippen LogP contribution in [-0.2, 0) is 10.0 Å². The van der Waals surface area contributed by atoms with Crippen LogP contribution in [0.1, 0.15) is 13.3 Å². The van der Waals surface area contributed by atoms with Crippen LogP contribution < -0.4 is 0 Å². The van der Waals surface area contributed by atoms with Gasteiger partial charge in [-0.05, 0) is 37.2 Å². The van der Waals surface area contributed by atoms with Crippen LogP contribution in [0.5, 0.6) is 0 Å². The average molecular weight is 347 g/mol. The maximum atomic E-state index is 12.5. The molecular formula is C13H19BrN2O2S. The molecule has 1 heterocycles. The Labute approximate surface area is 123 Å². The first kappa shape index (κ1) is 15.0. The van der Waals surface area contributed by atoms with E-state index in [0.717, 1.165) is 30.5 Å². The molecule has 0 spiro atoms. The van der Waals surface area contributed by atoms with Crippen molar-refractivity contribution < 1.29 is 8.42 Å². The van der Waals surface area contributed by atoms with Crippen LogP contribution in [0.25, 0.3) is 0 Å². The number of halogens is 1. The number of rotatable bonds is 4. The highest BCUT2D eigenvalue weighted by molar-refractivity contribution is 9.10. The summed E-state index contributed by atoms with van der Waals surface area (Å²) >= 11 is 3.32. The quantitative estimate of drug-likeness (QED) is 0.838. The molecule has 6 heteroatoms. The van der Waals surface area contributed by atoms with E-state index in [-0.39, 0.29) is 0 Å². The molecular weight excluding hydrogens is 328 g/mol. The summed E-state index contributed by atoms with van der Waals surface area (Å²) in [6.45, 7) is 6.00. The molecule has 0 radical (unpaired) electrons. The zero-order chi connectivity index (χ0) is 13.9. The first-order valence-electron chi connectivity index (χ1n) is 6.52. The SMILES string of the molecule is CCCN1CCN(S(=O)(=O)c2ccc(Br)cc2)CC1. The van der Waals surface area contributed by atoms with Crippen molar-refractivity contribution in [3.05, 3.63) is 28.7 Å². The third-order valence-electron chi connectivity index (χ3n) is 3.32. The number of hydrogen-bond acceptors (Lipinski definition) is 3. The van der Waals surface area contributed by atoms with Gasteiger partial charge >= 0.3 is 0 Å². The number of piperazine rings is 1. The van der Waals surface area contributed by atoms with E-state index in [0.29, 0.717) is 18.0 Å². The summed E-state index contributed by atoms with van der Waals surface area (Å²) in [4.78, 5) is 2.69. The van der Waals surface area contributed by atoms with Gasteiger partial charge in [-0.1, -0.05) is 22.9 Å². The van der Waals surface area contributed by atoms with Crippen molar-refractivity contribution in [2.75, 3.05) is 32.7 Å². The number of nitrogens with zero attached hydrogens (tertiary/aromatic N) is 2. The summed E-state index contributed by atoms with van der Waals surface area (Å²) in [5.74, 6) is 0. The molecule has 1 aliphatic rings. The fraction of sp³-hybridized carbons (Fsp3) is 0.538. The predicted octanol–water partition coefficient (Wildman–Crippen LogP) is 2.17. The third-order valence-corrected chi connectivity index (χ3v) is 5.76. The lowest BCUT2D eigenvalue weighted by atomic mass is 10.3. The smallest absolute Gasteiger partial charge is 0.243 e. The molecule has 0 N–H and O–H groups in total. The molecule has 1 aromatic rings. The molecule has 1 aliphatic heterocycles. The standard InChI is InChI=1S/C13H19BrN2O2S/c1-2-7-15-8-10-16(11-9-15)19(17,18)13-5-3-12(14)4-6-13/h3-6H,2,7-11H2,1H3. The predicted molar refractivity (Wildman–Crippen MR) is 79.6 cm³/mol. The van der Waals surface area contributed by atoms with Gasteiger partial charge in [-0.3, -0.25) is 0 Å². The second kappa shape index (κ2) is 6.35. The summed E-state index contributed by atoms with van der Waals surface area (Å²) in [6.07, 6.45) is 1.11. The minimum absolute atomic E-state index is 0.375. The van der Waals surface area contributed by atoms with Crippen molar-refractivity contribution in [3.8, 4) is 0 Å². The summed E-state index contributed by atoms with van der Waals surface area (Å²) in [5, 5.41) is 0. The summed E-state index contributed by atoms with van der Waals surface area (Å²) in [7, 11) is -3.33. The number of benzene rings is 1. The highest BCUT2D eigenvalue weighted by Crippen LogP contribution is 2.20. The zero-order valence-electron chi connectivity index (χ0n) is 11.0. The molecule has 4 nitrogen and oxygen atoms in total. The van der Waals surface area contributed by atoms with Crippen molar-refractivity contribution in [2.24, 2.45) is 0 Å². The van der Waals surface area contributed by atoms with E-state index >= 15 is 0 Å². The lowest BCUT2D eigenvalue weighted by Gasteiger charge is -2.33. The first-order valence-corrected chi connectivity index (χ1v) is 8.75. The Morgan fingerprint density at radius 2 is 1.68 bits per heavy atom. The van der Waals surface area contributed by atoms with Gasteiger partial charge in [-0.2, -0.15) is 4.31 Å². The Bertz CT molecular complexity index is 508. The topological polar surface area (TPSA) is 40.6 Å². The van der Waals surface area contributed by atoms with E-state index < -0.39 is 10.0 Å². The van der Waals surface area contributed by atoms with E-state index in [9.17, 15) is 8.42 Å². The maximum Gasteiger partial charge on any atom is 0.243 e. The third kappa shape index (κ3) is 3.56. The molecule has 106 valence electrons. The van der Waals surface area contributed by atoms with Gasteiger partial charge < -0.3 is 4.90 Å². The summed E-state index contributed by atoms with van der Waals surface area (Å²) in [5.41, 5.74) is 0. The molecule has 0 aromatic heterocycles. The largest absolute Gasteiger partial charge is 0.301 e. The normalized spacial score (nSPS) is 18.6. The van der Waals surface area contributed by atoms with Crippen molar-refractivity contribution >= 4 is 26.0 Å². The van der Waals surface area contributed by atoms with Gasteiger partial charge in [-0.15, -0.1) is 0 Å². The van der Waals surface area contributed by atoms with Crippen LogP contribution >= 0.6 is 15.9 Å². The average Bonchev–Trinajstić information content (AvgIpc) is 2.40. The highest BCUT2D eigenvalue weighted by Gasteiger charge is 2.27. The van der Waals surface area contributed by atoms with E-state index in [4.69, 9.17) is 0 Å². The van der Waals surface area contributed by atoms with Crippen LogP contribution in [0.15, 0.2) is 33.6 Å². The van der Waals surface area contributed by atoms with E-state index in [1.54, 1.807) is 28.6 Å². The Morgan fingerprint density at radius 3 is 2.21 bits per heavy atom. The van der Waals surface area contributed by atoms with Crippen molar-refractivity contribution in [1.82, 2.24) is 9.21 Å². The maximum absolute atomic E-state index is 12.5. The molecule has 0 unspecified atom stereocenters. The van der Waals surface area contributed by atoms with Crippen LogP contribution in [0.3, 0.4) is 0 Å². The van der Waals surface area contributed by atoms with Gasteiger partial charge in [0.15, 0.2) is 0 Å². The first-order chi connectivity index (χ1) is 9.04.